The van der Waals surface area contributed by atoms with Crippen molar-refractivity contribution in [3.05, 3.63) is 11.3 Å². The van der Waals surface area contributed by atoms with E-state index in [0.29, 0.717) is 12.8 Å². The van der Waals surface area contributed by atoms with Gasteiger partial charge in [0.2, 0.25) is 11.8 Å². The van der Waals surface area contributed by atoms with E-state index < -0.39 is 47.4 Å². The van der Waals surface area contributed by atoms with Gasteiger partial charge in [0.15, 0.2) is 0 Å². The van der Waals surface area contributed by atoms with Crippen LogP contribution in [0, 0.1) is 11.3 Å². The standard InChI is InChI=1S/C13H15F5N2O2/c1-2-6-5-11(9(19)21,7-3-4-7)10(22)20-8(6)12(14,15)13(16,17)18/h7H,2-5H2,1H3,(H2,19,21)(H,20,22). The van der Waals surface area contributed by atoms with Gasteiger partial charge in [-0.2, -0.15) is 22.0 Å². The second kappa shape index (κ2) is 4.92. The molecule has 1 saturated carbocycles. The van der Waals surface area contributed by atoms with Gasteiger partial charge in [0.25, 0.3) is 0 Å². The Morgan fingerprint density at radius 3 is 2.23 bits per heavy atom. The maximum absolute atomic E-state index is 13.6. The molecule has 4 nitrogen and oxygen atoms in total. The Morgan fingerprint density at radius 1 is 1.32 bits per heavy atom. The Balaban J connectivity index is 2.52. The van der Waals surface area contributed by atoms with Crippen LogP contribution in [0.25, 0.3) is 0 Å². The number of hydrogen-bond acceptors (Lipinski definition) is 2. The molecule has 1 fully saturated rings. The molecule has 1 heterocycles. The molecule has 0 aromatic heterocycles. The highest BCUT2D eigenvalue weighted by atomic mass is 19.4. The number of carbonyl (C=O) groups is 2. The molecular formula is C13H15F5N2O2. The van der Waals surface area contributed by atoms with E-state index in [1.807, 2.05) is 0 Å². The molecule has 2 rings (SSSR count). The quantitative estimate of drug-likeness (QED) is 0.614. The van der Waals surface area contributed by atoms with Crippen LogP contribution in [0.1, 0.15) is 32.6 Å². The Labute approximate surface area is 122 Å². The van der Waals surface area contributed by atoms with Gasteiger partial charge < -0.3 is 11.1 Å². The number of hydrogen-bond donors (Lipinski definition) is 2. The lowest BCUT2D eigenvalue weighted by Gasteiger charge is -2.38. The zero-order valence-corrected chi connectivity index (χ0v) is 11.7. The van der Waals surface area contributed by atoms with E-state index in [9.17, 15) is 31.5 Å². The molecule has 0 spiro atoms. The average molecular weight is 326 g/mol. The average Bonchev–Trinajstić information content (AvgIpc) is 3.21. The molecule has 1 atom stereocenters. The maximum Gasteiger partial charge on any atom is 0.459 e. The zero-order valence-electron chi connectivity index (χ0n) is 11.7. The molecule has 0 aromatic carbocycles. The smallest absolute Gasteiger partial charge is 0.369 e. The lowest BCUT2D eigenvalue weighted by atomic mass is 9.72. The maximum atomic E-state index is 13.6. The molecule has 9 heteroatoms. The molecular weight excluding hydrogens is 311 g/mol. The van der Waals surface area contributed by atoms with Crippen LogP contribution in [-0.4, -0.2) is 23.9 Å². The third kappa shape index (κ3) is 2.26. The predicted octanol–water partition coefficient (Wildman–Crippen LogP) is 2.25. The van der Waals surface area contributed by atoms with Crippen LogP contribution < -0.4 is 11.1 Å². The second-order valence-corrected chi connectivity index (χ2v) is 5.65. The molecule has 124 valence electrons. The van der Waals surface area contributed by atoms with Crippen molar-refractivity contribution in [2.45, 2.75) is 44.7 Å². The topological polar surface area (TPSA) is 72.2 Å². The minimum atomic E-state index is -5.83. The van der Waals surface area contributed by atoms with Crippen molar-refractivity contribution in [2.24, 2.45) is 17.1 Å². The molecule has 3 N–H and O–H groups in total. The Bertz CT molecular complexity index is 551. The molecule has 22 heavy (non-hydrogen) atoms. The number of halogens is 5. The molecule has 1 aliphatic heterocycles. The van der Waals surface area contributed by atoms with Gasteiger partial charge in [-0.25, -0.2) is 0 Å². The summed E-state index contributed by atoms with van der Waals surface area (Å²) in [5.74, 6) is -7.75. The summed E-state index contributed by atoms with van der Waals surface area (Å²) >= 11 is 0. The number of rotatable bonds is 4. The largest absolute Gasteiger partial charge is 0.459 e. The van der Waals surface area contributed by atoms with Crippen molar-refractivity contribution >= 4 is 11.8 Å². The summed E-state index contributed by atoms with van der Waals surface area (Å²) < 4.78 is 64.8. The molecule has 0 radical (unpaired) electrons. The van der Waals surface area contributed by atoms with Crippen molar-refractivity contribution in [3.63, 3.8) is 0 Å². The summed E-state index contributed by atoms with van der Waals surface area (Å²) in [6, 6.07) is 0. The Morgan fingerprint density at radius 2 is 1.86 bits per heavy atom. The number of allylic oxidation sites excluding steroid dienone is 2. The summed E-state index contributed by atoms with van der Waals surface area (Å²) in [6.45, 7) is 1.39. The van der Waals surface area contributed by atoms with Crippen molar-refractivity contribution < 1.29 is 31.5 Å². The van der Waals surface area contributed by atoms with Crippen LogP contribution in [0.2, 0.25) is 0 Å². The summed E-state index contributed by atoms with van der Waals surface area (Å²) in [6.07, 6.45) is -5.45. The second-order valence-electron chi connectivity index (χ2n) is 5.65. The SMILES string of the molecule is CCC1=C(C(F)(F)C(F)(F)F)NC(=O)C(C(N)=O)(C2CC2)C1. The van der Waals surface area contributed by atoms with Gasteiger partial charge in [0, 0.05) is 0 Å². The number of amides is 2. The first kappa shape index (κ1) is 16.7. The summed E-state index contributed by atoms with van der Waals surface area (Å²) in [7, 11) is 0. The summed E-state index contributed by atoms with van der Waals surface area (Å²) in [5, 5.41) is 1.63. The number of alkyl halides is 5. The van der Waals surface area contributed by atoms with E-state index >= 15 is 0 Å². The molecule has 2 aliphatic rings. The summed E-state index contributed by atoms with van der Waals surface area (Å²) in [5.41, 5.74) is 1.77. The van der Waals surface area contributed by atoms with Crippen molar-refractivity contribution in [3.8, 4) is 0 Å². The monoisotopic (exact) mass is 326 g/mol. The fourth-order valence-corrected chi connectivity index (χ4v) is 2.87. The molecule has 0 bridgehead atoms. The van der Waals surface area contributed by atoms with E-state index in [-0.39, 0.29) is 12.0 Å². The van der Waals surface area contributed by atoms with E-state index in [4.69, 9.17) is 5.73 Å². The number of carbonyl (C=O) groups excluding carboxylic acids is 2. The minimum Gasteiger partial charge on any atom is -0.369 e. The van der Waals surface area contributed by atoms with Crippen LogP contribution in [0.5, 0.6) is 0 Å². The Hall–Kier alpha value is -1.67. The first-order valence-electron chi connectivity index (χ1n) is 6.76. The Kier molecular flexibility index (Phi) is 3.73. The van der Waals surface area contributed by atoms with Gasteiger partial charge >= 0.3 is 12.1 Å². The van der Waals surface area contributed by atoms with Gasteiger partial charge in [-0.15, -0.1) is 0 Å². The molecule has 1 aliphatic carbocycles. The highest BCUT2D eigenvalue weighted by molar-refractivity contribution is 6.06. The first-order valence-corrected chi connectivity index (χ1v) is 6.76. The molecule has 2 amide bonds. The van der Waals surface area contributed by atoms with Gasteiger partial charge in [-0.3, -0.25) is 9.59 Å². The van der Waals surface area contributed by atoms with Gasteiger partial charge in [-0.05, 0) is 37.2 Å². The van der Waals surface area contributed by atoms with Crippen molar-refractivity contribution in [1.29, 1.82) is 0 Å². The number of primary amides is 1. The van der Waals surface area contributed by atoms with Gasteiger partial charge in [-0.1, -0.05) is 6.92 Å². The molecule has 1 unspecified atom stereocenters. The van der Waals surface area contributed by atoms with Gasteiger partial charge in [0.1, 0.15) is 5.41 Å². The van der Waals surface area contributed by atoms with Crippen LogP contribution in [0.3, 0.4) is 0 Å². The van der Waals surface area contributed by atoms with E-state index in [2.05, 4.69) is 0 Å². The fraction of sp³-hybridized carbons (Fsp3) is 0.692. The first-order chi connectivity index (χ1) is 9.98. The van der Waals surface area contributed by atoms with Crippen molar-refractivity contribution in [1.82, 2.24) is 5.32 Å². The molecule has 0 saturated heterocycles. The lowest BCUT2D eigenvalue weighted by Crippen LogP contribution is -2.57. The lowest BCUT2D eigenvalue weighted by molar-refractivity contribution is -0.266. The van der Waals surface area contributed by atoms with E-state index in [1.165, 1.54) is 6.92 Å². The van der Waals surface area contributed by atoms with Crippen LogP contribution >= 0.6 is 0 Å². The van der Waals surface area contributed by atoms with E-state index in [1.54, 1.807) is 5.32 Å². The minimum absolute atomic E-state index is 0.150. The zero-order chi connectivity index (χ0) is 16.9. The van der Waals surface area contributed by atoms with Crippen LogP contribution in [0.4, 0.5) is 22.0 Å². The fourth-order valence-electron chi connectivity index (χ4n) is 2.87. The molecule has 0 aromatic rings. The van der Waals surface area contributed by atoms with Crippen LogP contribution in [0.15, 0.2) is 11.3 Å². The highest BCUT2D eigenvalue weighted by Gasteiger charge is 2.65. The highest BCUT2D eigenvalue weighted by Crippen LogP contribution is 2.53. The predicted molar refractivity (Wildman–Crippen MR) is 65.4 cm³/mol. The third-order valence-electron chi connectivity index (χ3n) is 4.30. The normalized spacial score (nSPS) is 26.9. The summed E-state index contributed by atoms with van der Waals surface area (Å²) in [4.78, 5) is 23.8. The number of nitrogens with one attached hydrogen (secondary N) is 1. The van der Waals surface area contributed by atoms with Crippen molar-refractivity contribution in [2.75, 3.05) is 0 Å². The number of nitrogens with two attached hydrogens (primary N) is 1. The van der Waals surface area contributed by atoms with Crippen LogP contribution in [-0.2, 0) is 9.59 Å². The third-order valence-corrected chi connectivity index (χ3v) is 4.30. The van der Waals surface area contributed by atoms with E-state index in [0.717, 1.165) is 0 Å². The van der Waals surface area contributed by atoms with Gasteiger partial charge in [0.05, 0.1) is 5.70 Å².